The van der Waals surface area contributed by atoms with E-state index in [1.807, 2.05) is 62.9 Å². The van der Waals surface area contributed by atoms with Crippen LogP contribution in [0.2, 0.25) is 0 Å². The normalized spacial score (nSPS) is 17.8. The highest BCUT2D eigenvalue weighted by atomic mass is 16.2. The van der Waals surface area contributed by atoms with Crippen molar-refractivity contribution in [2.75, 3.05) is 31.5 Å². The van der Waals surface area contributed by atoms with Crippen molar-refractivity contribution in [1.29, 1.82) is 0 Å². The number of nitrogens with zero attached hydrogens (tertiary/aromatic N) is 2. The smallest absolute Gasteiger partial charge is 0.321 e. The van der Waals surface area contributed by atoms with Gasteiger partial charge in [0.05, 0.1) is 0 Å². The van der Waals surface area contributed by atoms with Gasteiger partial charge in [-0.15, -0.1) is 0 Å². The molecule has 3 rings (SSSR count). The van der Waals surface area contributed by atoms with Gasteiger partial charge >= 0.3 is 6.03 Å². The van der Waals surface area contributed by atoms with Crippen LogP contribution in [0.4, 0.5) is 10.5 Å². The molecule has 2 fully saturated rings. The monoisotopic (exact) mass is 319 g/mol. The molecule has 0 spiro atoms. The highest BCUT2D eigenvalue weighted by Gasteiger charge is 2.35. The van der Waals surface area contributed by atoms with Crippen molar-refractivity contribution in [3.05, 3.63) is 30.3 Å². The van der Waals surface area contributed by atoms with E-state index in [0.29, 0.717) is 6.04 Å². The van der Waals surface area contributed by atoms with Gasteiger partial charge < -0.3 is 10.2 Å². The summed E-state index contributed by atoms with van der Waals surface area (Å²) in [6, 6.07) is 10.3. The SMILES string of the molecule is CC.CC.O=C(Nc1ccccc1)N1CC(N2CCCCC2)C1. The van der Waals surface area contributed by atoms with Gasteiger partial charge in [0.1, 0.15) is 0 Å². The quantitative estimate of drug-likeness (QED) is 0.874. The first-order chi connectivity index (χ1) is 11.3. The molecule has 2 aliphatic rings. The summed E-state index contributed by atoms with van der Waals surface area (Å²) in [7, 11) is 0. The van der Waals surface area contributed by atoms with Crippen molar-refractivity contribution < 1.29 is 4.79 Å². The molecule has 0 aliphatic carbocycles. The molecule has 0 atom stereocenters. The summed E-state index contributed by atoms with van der Waals surface area (Å²) < 4.78 is 0. The molecule has 2 aliphatic heterocycles. The third-order valence-electron chi connectivity index (χ3n) is 4.08. The maximum Gasteiger partial charge on any atom is 0.321 e. The van der Waals surface area contributed by atoms with Gasteiger partial charge in [-0.1, -0.05) is 52.3 Å². The van der Waals surface area contributed by atoms with Gasteiger partial charge in [0, 0.05) is 24.8 Å². The van der Waals surface area contributed by atoms with E-state index < -0.39 is 0 Å². The first-order valence-electron chi connectivity index (χ1n) is 9.18. The molecule has 2 amide bonds. The van der Waals surface area contributed by atoms with Gasteiger partial charge in [-0.2, -0.15) is 0 Å². The minimum Gasteiger partial charge on any atom is -0.321 e. The molecule has 1 aromatic rings. The molecular formula is C19H33N3O. The fourth-order valence-corrected chi connectivity index (χ4v) is 2.86. The van der Waals surface area contributed by atoms with E-state index in [2.05, 4.69) is 10.2 Å². The Morgan fingerprint density at radius 3 is 2.09 bits per heavy atom. The van der Waals surface area contributed by atoms with Gasteiger partial charge in [0.15, 0.2) is 0 Å². The Balaban J connectivity index is 0.000000615. The summed E-state index contributed by atoms with van der Waals surface area (Å²) in [6.07, 6.45) is 3.99. The summed E-state index contributed by atoms with van der Waals surface area (Å²) >= 11 is 0. The van der Waals surface area contributed by atoms with Gasteiger partial charge in [-0.25, -0.2) is 4.79 Å². The Hall–Kier alpha value is -1.55. The molecule has 0 unspecified atom stereocenters. The number of carbonyl (C=O) groups is 1. The molecule has 1 N–H and O–H groups in total. The van der Waals surface area contributed by atoms with Crippen LogP contribution in [0.15, 0.2) is 30.3 Å². The van der Waals surface area contributed by atoms with Gasteiger partial charge in [-0.05, 0) is 38.1 Å². The predicted octanol–water partition coefficient (Wildman–Crippen LogP) is 4.44. The number of piperidine rings is 1. The summed E-state index contributed by atoms with van der Waals surface area (Å²) in [5.41, 5.74) is 0.869. The molecule has 4 nitrogen and oxygen atoms in total. The molecule has 0 radical (unpaired) electrons. The Morgan fingerprint density at radius 2 is 1.52 bits per heavy atom. The summed E-state index contributed by atoms with van der Waals surface area (Å²) in [6.45, 7) is 12.2. The molecule has 23 heavy (non-hydrogen) atoms. The number of anilines is 1. The third kappa shape index (κ3) is 5.87. The molecule has 1 aromatic carbocycles. The number of urea groups is 1. The Morgan fingerprint density at radius 1 is 0.957 bits per heavy atom. The van der Waals surface area contributed by atoms with Gasteiger partial charge in [0.25, 0.3) is 0 Å². The average molecular weight is 319 g/mol. The van der Waals surface area contributed by atoms with Crippen LogP contribution < -0.4 is 5.32 Å². The van der Waals surface area contributed by atoms with Crippen molar-refractivity contribution >= 4 is 11.7 Å². The van der Waals surface area contributed by atoms with Crippen LogP contribution >= 0.6 is 0 Å². The standard InChI is InChI=1S/C15H21N3O.2C2H6/c19-15(16-13-7-3-1-4-8-13)18-11-14(12-18)17-9-5-2-6-10-17;2*1-2/h1,3-4,7-8,14H,2,5-6,9-12H2,(H,16,19);2*1-2H3. The molecule has 130 valence electrons. The number of hydrogen-bond donors (Lipinski definition) is 1. The molecule has 0 aromatic heterocycles. The predicted molar refractivity (Wildman–Crippen MR) is 98.9 cm³/mol. The van der Waals surface area contributed by atoms with E-state index in [1.54, 1.807) is 0 Å². The van der Waals surface area contributed by atoms with Gasteiger partial charge in [-0.3, -0.25) is 4.90 Å². The van der Waals surface area contributed by atoms with Gasteiger partial charge in [0.2, 0.25) is 0 Å². The molecule has 0 bridgehead atoms. The first kappa shape index (κ1) is 19.5. The van der Waals surface area contributed by atoms with E-state index >= 15 is 0 Å². The zero-order chi connectivity index (χ0) is 17.1. The summed E-state index contributed by atoms with van der Waals surface area (Å²) in [4.78, 5) is 16.5. The number of nitrogens with one attached hydrogen (secondary N) is 1. The first-order valence-corrected chi connectivity index (χ1v) is 9.18. The van der Waals surface area contributed by atoms with Crippen molar-refractivity contribution in [3.8, 4) is 0 Å². The molecule has 2 heterocycles. The molecule has 2 saturated heterocycles. The number of amides is 2. The van der Waals surface area contributed by atoms with Crippen LogP contribution in [0.25, 0.3) is 0 Å². The maximum absolute atomic E-state index is 12.0. The Kier molecular flexibility index (Phi) is 9.37. The van der Waals surface area contributed by atoms with Crippen molar-refractivity contribution in [1.82, 2.24) is 9.80 Å². The second kappa shape index (κ2) is 11.1. The molecule has 0 saturated carbocycles. The van der Waals surface area contributed by atoms with Crippen LogP contribution in [0.5, 0.6) is 0 Å². The fraction of sp³-hybridized carbons (Fsp3) is 0.632. The van der Waals surface area contributed by atoms with Crippen LogP contribution in [-0.2, 0) is 0 Å². The number of benzene rings is 1. The Bertz CT molecular complexity index is 424. The lowest BCUT2D eigenvalue weighted by atomic mass is 10.0. The van der Waals surface area contributed by atoms with E-state index in [1.165, 1.54) is 32.4 Å². The number of carbonyl (C=O) groups excluding carboxylic acids is 1. The lowest BCUT2D eigenvalue weighted by Crippen LogP contribution is -2.62. The van der Waals surface area contributed by atoms with Crippen LogP contribution in [0.1, 0.15) is 47.0 Å². The zero-order valence-corrected chi connectivity index (χ0v) is 15.2. The maximum atomic E-state index is 12.0. The number of hydrogen-bond acceptors (Lipinski definition) is 2. The van der Waals surface area contributed by atoms with E-state index in [9.17, 15) is 4.79 Å². The lowest BCUT2D eigenvalue weighted by molar-refractivity contribution is 0.0493. The van der Waals surface area contributed by atoms with Crippen molar-refractivity contribution in [3.63, 3.8) is 0 Å². The van der Waals surface area contributed by atoms with Crippen LogP contribution in [0.3, 0.4) is 0 Å². The lowest BCUT2D eigenvalue weighted by Gasteiger charge is -2.46. The minimum absolute atomic E-state index is 0.0273. The summed E-state index contributed by atoms with van der Waals surface area (Å²) in [5, 5.41) is 2.94. The van der Waals surface area contributed by atoms with Crippen molar-refractivity contribution in [2.45, 2.75) is 53.0 Å². The largest absolute Gasteiger partial charge is 0.321 e. The highest BCUT2D eigenvalue weighted by molar-refractivity contribution is 5.89. The second-order valence-corrected chi connectivity index (χ2v) is 5.45. The second-order valence-electron chi connectivity index (χ2n) is 5.45. The highest BCUT2D eigenvalue weighted by Crippen LogP contribution is 2.20. The molecule has 4 heteroatoms. The Labute approximate surface area is 141 Å². The van der Waals surface area contributed by atoms with Crippen LogP contribution in [-0.4, -0.2) is 48.1 Å². The molecular weight excluding hydrogens is 286 g/mol. The summed E-state index contributed by atoms with van der Waals surface area (Å²) in [5.74, 6) is 0. The van der Waals surface area contributed by atoms with E-state index in [4.69, 9.17) is 0 Å². The van der Waals surface area contributed by atoms with Crippen LogP contribution in [0, 0.1) is 0 Å². The van der Waals surface area contributed by atoms with E-state index in [0.717, 1.165) is 18.8 Å². The number of likely N-dealkylation sites (tertiary alicyclic amines) is 2. The minimum atomic E-state index is 0.0273. The zero-order valence-electron chi connectivity index (χ0n) is 15.2. The average Bonchev–Trinajstić information content (AvgIpc) is 2.59. The fourth-order valence-electron chi connectivity index (χ4n) is 2.86. The third-order valence-corrected chi connectivity index (χ3v) is 4.08. The number of rotatable bonds is 2. The topological polar surface area (TPSA) is 35.6 Å². The number of para-hydroxylation sites is 1. The van der Waals surface area contributed by atoms with Crippen molar-refractivity contribution in [2.24, 2.45) is 0 Å². The van der Waals surface area contributed by atoms with E-state index in [-0.39, 0.29) is 6.03 Å².